The number of aryl methyl sites for hydroxylation is 2. The first kappa shape index (κ1) is 40.7. The summed E-state index contributed by atoms with van der Waals surface area (Å²) in [5.41, 5.74) is 15.7. The van der Waals surface area contributed by atoms with E-state index in [0.717, 1.165) is 6.42 Å². The van der Waals surface area contributed by atoms with Crippen molar-refractivity contribution in [2.75, 3.05) is 0 Å². The average Bonchev–Trinajstić information content (AvgIpc) is 3.55. The summed E-state index contributed by atoms with van der Waals surface area (Å²) in [5, 5.41) is 0. The summed E-state index contributed by atoms with van der Waals surface area (Å²) >= 11 is 1.46. The van der Waals surface area contributed by atoms with Crippen molar-refractivity contribution in [2.24, 2.45) is 0 Å². The van der Waals surface area contributed by atoms with Crippen LogP contribution in [0.4, 0.5) is 0 Å². The third-order valence-corrected chi connectivity index (χ3v) is 10.0. The van der Waals surface area contributed by atoms with Crippen molar-refractivity contribution in [2.45, 2.75) is 92.4 Å². The van der Waals surface area contributed by atoms with Crippen LogP contribution in [0.1, 0.15) is 111 Å². The van der Waals surface area contributed by atoms with Crippen LogP contribution in [0.2, 0.25) is 0 Å². The molecule has 0 aliphatic heterocycles. The Labute approximate surface area is 313 Å². The first-order valence-corrected chi connectivity index (χ1v) is 17.5. The maximum absolute atomic E-state index is 3.30. The van der Waals surface area contributed by atoms with Crippen molar-refractivity contribution in [3.8, 4) is 11.1 Å². The second-order valence-corrected chi connectivity index (χ2v) is 16.0. The molecule has 0 N–H and O–H groups in total. The molecular weight excluding hydrogens is 691 g/mol. The molecule has 0 bridgehead atoms. The summed E-state index contributed by atoms with van der Waals surface area (Å²) in [5.74, 6) is 0.675. The van der Waals surface area contributed by atoms with E-state index < -0.39 is 0 Å². The molecule has 5 aromatic carbocycles. The van der Waals surface area contributed by atoms with Gasteiger partial charge in [-0.15, -0.1) is 5.56 Å². The van der Waals surface area contributed by atoms with Crippen LogP contribution in [0.15, 0.2) is 103 Å². The molecular formula is C44H50Cl2Zr-2. The van der Waals surface area contributed by atoms with E-state index in [1.165, 1.54) is 88.6 Å². The number of hydrogen-bond acceptors (Lipinski definition) is 0. The molecule has 0 aromatic heterocycles. The summed E-state index contributed by atoms with van der Waals surface area (Å²) in [6.45, 7) is 22.4. The zero-order valence-electron chi connectivity index (χ0n) is 29.9. The Bertz CT molecular complexity index is 1620. The van der Waals surface area contributed by atoms with Crippen LogP contribution >= 0.6 is 0 Å². The van der Waals surface area contributed by atoms with Crippen molar-refractivity contribution in [3.63, 3.8) is 0 Å². The van der Waals surface area contributed by atoms with E-state index in [4.69, 9.17) is 0 Å². The zero-order chi connectivity index (χ0) is 32.9. The Kier molecular flexibility index (Phi) is 15.0. The quantitative estimate of drug-likeness (QED) is 0.207. The van der Waals surface area contributed by atoms with E-state index in [9.17, 15) is 0 Å². The van der Waals surface area contributed by atoms with Gasteiger partial charge >= 0.3 is 151 Å². The zero-order valence-corrected chi connectivity index (χ0v) is 33.8. The molecule has 0 atom stereocenters. The van der Waals surface area contributed by atoms with Gasteiger partial charge in [0.25, 0.3) is 0 Å². The molecule has 0 saturated carbocycles. The number of rotatable bonds is 3. The van der Waals surface area contributed by atoms with Gasteiger partial charge < -0.3 is 24.8 Å². The van der Waals surface area contributed by atoms with Crippen LogP contribution in [-0.4, -0.2) is 3.21 Å². The minimum Gasteiger partial charge on any atom is -1.00 e. The standard InChI is InChI=1S/C21H26.C13H9.C10H15.2ClH.Zr/c1-20(2,3)18-11-7-16(8-12-18)15-17-9-13-19(14-10-17)21(4,5)6;1-3-7-12-10(5-1)9-11-6-2-4-8-13(11)12;1-7(2)10-6-8(3)5-9(10)4;;;/h7-14H,1-6H3;1-5,7-8H,9H2;5-7H,1-4H3;2*1H;/q;2*-1;;;+2/p-2. The minimum absolute atomic E-state index is 0. The van der Waals surface area contributed by atoms with E-state index in [0.29, 0.717) is 5.92 Å². The van der Waals surface area contributed by atoms with Crippen LogP contribution in [-0.2, 0) is 41.5 Å². The fourth-order valence-electron chi connectivity index (χ4n) is 5.89. The van der Waals surface area contributed by atoms with Crippen LogP contribution in [0, 0.1) is 19.9 Å². The van der Waals surface area contributed by atoms with E-state index in [-0.39, 0.29) is 35.6 Å². The minimum atomic E-state index is 0. The van der Waals surface area contributed by atoms with Gasteiger partial charge in [0, 0.05) is 0 Å². The van der Waals surface area contributed by atoms with Crippen molar-refractivity contribution >= 4 is 3.21 Å². The van der Waals surface area contributed by atoms with Crippen molar-refractivity contribution < 1.29 is 49.0 Å². The Morgan fingerprint density at radius 1 is 0.702 bits per heavy atom. The maximum Gasteiger partial charge on any atom is -0.0253 e. The predicted octanol–water partition coefficient (Wildman–Crippen LogP) is 5.61. The molecule has 0 heterocycles. The molecule has 47 heavy (non-hydrogen) atoms. The molecule has 6 rings (SSSR count). The third kappa shape index (κ3) is 10.8. The predicted molar refractivity (Wildman–Crippen MR) is 193 cm³/mol. The van der Waals surface area contributed by atoms with Crippen LogP contribution in [0.5, 0.6) is 0 Å². The second kappa shape index (κ2) is 17.3. The Hall–Kier alpha value is -2.44. The smallest absolute Gasteiger partial charge is 0.0253 e. The molecule has 0 unspecified atom stereocenters. The second-order valence-electron chi connectivity index (χ2n) is 14.8. The molecule has 0 fully saturated rings. The first-order valence-electron chi connectivity index (χ1n) is 16.3. The summed E-state index contributed by atoms with van der Waals surface area (Å²) in [6.07, 6.45) is 1.05. The number of fused-ring (bicyclic) bond motifs is 3. The van der Waals surface area contributed by atoms with E-state index in [1.807, 2.05) is 6.07 Å². The first-order chi connectivity index (χ1) is 21.1. The number of halogens is 2. The molecule has 3 heteroatoms. The summed E-state index contributed by atoms with van der Waals surface area (Å²) in [7, 11) is 0. The number of hydrogen-bond donors (Lipinski definition) is 0. The summed E-state index contributed by atoms with van der Waals surface area (Å²) < 4.78 is 1.42. The van der Waals surface area contributed by atoms with Gasteiger partial charge in [0.2, 0.25) is 0 Å². The number of benzene rings is 4. The summed E-state index contributed by atoms with van der Waals surface area (Å²) in [4.78, 5) is 0. The van der Waals surface area contributed by atoms with Crippen LogP contribution in [0.25, 0.3) is 11.1 Å². The average molecular weight is 741 g/mol. The molecule has 0 amide bonds. The molecule has 0 radical (unpaired) electrons. The normalized spacial score (nSPS) is 11.5. The van der Waals surface area contributed by atoms with Gasteiger partial charge in [-0.05, 0) is 6.42 Å². The van der Waals surface area contributed by atoms with Gasteiger partial charge in [0.05, 0.1) is 0 Å². The molecule has 1 aliphatic carbocycles. The topological polar surface area (TPSA) is 0 Å². The fourth-order valence-corrected chi connectivity index (χ4v) is 6.71. The van der Waals surface area contributed by atoms with Crippen LogP contribution in [0.3, 0.4) is 0 Å². The van der Waals surface area contributed by atoms with E-state index in [2.05, 4.69) is 172 Å². The van der Waals surface area contributed by atoms with Gasteiger partial charge in [-0.2, -0.15) is 52.6 Å². The van der Waals surface area contributed by atoms with Crippen LogP contribution < -0.4 is 24.8 Å². The van der Waals surface area contributed by atoms with Gasteiger partial charge in [-0.1, -0.05) is 69.0 Å². The summed E-state index contributed by atoms with van der Waals surface area (Å²) in [6, 6.07) is 40.8. The molecule has 1 aliphatic rings. The van der Waals surface area contributed by atoms with Gasteiger partial charge in [0.15, 0.2) is 0 Å². The molecule has 246 valence electrons. The molecule has 0 saturated heterocycles. The fraction of sp³-hybridized carbons (Fsp3) is 0.318. The molecule has 5 aromatic rings. The van der Waals surface area contributed by atoms with Gasteiger partial charge in [-0.3, -0.25) is 0 Å². The molecule has 0 nitrogen and oxygen atoms in total. The largest absolute Gasteiger partial charge is 1.00 e. The maximum atomic E-state index is 3.30. The van der Waals surface area contributed by atoms with E-state index in [1.54, 1.807) is 0 Å². The van der Waals surface area contributed by atoms with Gasteiger partial charge in [-0.25, -0.2) is 6.07 Å². The SMILES string of the molecule is CC(C)(C)c1ccc([C](=[Zr+2])c2ccc(C(C)(C)C)cc2)cc1.Cc1cc(C(C)C)c(C)[cH-]1.[Cl-].[Cl-].[c-]1cccc2c1Cc1ccccc1-2. The van der Waals surface area contributed by atoms with Gasteiger partial charge in [0.1, 0.15) is 0 Å². The Morgan fingerprint density at radius 2 is 1.19 bits per heavy atom. The third-order valence-electron chi connectivity index (χ3n) is 8.60. The van der Waals surface area contributed by atoms with Crippen molar-refractivity contribution in [1.82, 2.24) is 0 Å². The Balaban J connectivity index is 0.000000261. The monoisotopic (exact) mass is 738 g/mol. The van der Waals surface area contributed by atoms with Crippen molar-refractivity contribution in [1.29, 1.82) is 0 Å². The molecule has 0 spiro atoms. The van der Waals surface area contributed by atoms with Crippen molar-refractivity contribution in [3.05, 3.63) is 159 Å². The van der Waals surface area contributed by atoms with E-state index >= 15 is 0 Å². The Morgan fingerprint density at radius 3 is 1.62 bits per heavy atom.